The van der Waals surface area contributed by atoms with E-state index in [0.717, 1.165) is 12.6 Å². The van der Waals surface area contributed by atoms with Crippen molar-refractivity contribution in [1.82, 2.24) is 5.32 Å². The highest BCUT2D eigenvalue weighted by Crippen LogP contribution is 2.28. The van der Waals surface area contributed by atoms with Crippen LogP contribution in [0.4, 0.5) is 11.4 Å². The molecule has 136 valence electrons. The molecule has 1 aromatic rings. The van der Waals surface area contributed by atoms with Crippen molar-refractivity contribution in [2.24, 2.45) is 5.16 Å². The van der Waals surface area contributed by atoms with E-state index < -0.39 is 10.8 Å². The number of nitro groups is 1. The molecule has 0 spiro atoms. The molecule has 0 aromatic heterocycles. The molecule has 25 heavy (non-hydrogen) atoms. The second kappa shape index (κ2) is 9.85. The van der Waals surface area contributed by atoms with Crippen LogP contribution in [0.3, 0.4) is 0 Å². The number of hydrogen-bond donors (Lipinski definition) is 2. The lowest BCUT2D eigenvalue weighted by Gasteiger charge is -2.10. The highest BCUT2D eigenvalue weighted by atomic mass is 16.6. The molecule has 10 nitrogen and oxygen atoms in total. The molecule has 0 bridgehead atoms. The minimum atomic E-state index is -0.644. The number of nitro benzene ring substituents is 1. The zero-order chi connectivity index (χ0) is 18.8. The number of non-ortho nitro benzene ring substituents is 1. The van der Waals surface area contributed by atoms with Gasteiger partial charge in [-0.05, 0) is 19.4 Å². The summed E-state index contributed by atoms with van der Waals surface area (Å²) in [6.45, 7) is 3.47. The average molecular weight is 352 g/mol. The second-order valence-electron chi connectivity index (χ2n) is 5.02. The quantitative estimate of drug-likeness (QED) is 0.393. The third-order valence-corrected chi connectivity index (χ3v) is 3.11. The standard InChI is InChI=1S/C15H20N4O6/c1-4-10(2)17-15(21)9-25-16-8-14(20)18-12-6-5-11(19(22)23)7-13(12)24-3/h5-8,10H,4,9H2,1-3H3,(H,17,21)(H,18,20)/b16-8-/t10-/m0/s1. The molecule has 0 heterocycles. The summed E-state index contributed by atoms with van der Waals surface area (Å²) in [7, 11) is 1.32. The Morgan fingerprint density at radius 3 is 2.76 bits per heavy atom. The van der Waals surface area contributed by atoms with Crippen molar-refractivity contribution in [3.63, 3.8) is 0 Å². The number of benzene rings is 1. The van der Waals surface area contributed by atoms with Crippen LogP contribution in [-0.2, 0) is 14.4 Å². The van der Waals surface area contributed by atoms with Crippen molar-refractivity contribution in [3.05, 3.63) is 28.3 Å². The molecule has 2 N–H and O–H groups in total. The number of carbonyl (C=O) groups excluding carboxylic acids is 2. The Kier molecular flexibility index (Phi) is 7.83. The maximum atomic E-state index is 11.7. The fourth-order valence-corrected chi connectivity index (χ4v) is 1.66. The van der Waals surface area contributed by atoms with Gasteiger partial charge in [0.15, 0.2) is 6.61 Å². The highest BCUT2D eigenvalue weighted by molar-refractivity contribution is 6.31. The van der Waals surface area contributed by atoms with Gasteiger partial charge in [-0.2, -0.15) is 0 Å². The fourth-order valence-electron chi connectivity index (χ4n) is 1.66. The van der Waals surface area contributed by atoms with Gasteiger partial charge in [-0.15, -0.1) is 0 Å². The Labute approximate surface area is 144 Å². The first kappa shape index (κ1) is 19.9. The number of ether oxygens (including phenoxy) is 1. The number of rotatable bonds is 9. The van der Waals surface area contributed by atoms with E-state index in [4.69, 9.17) is 9.57 Å². The van der Waals surface area contributed by atoms with Crippen LogP contribution in [0.15, 0.2) is 23.4 Å². The third-order valence-electron chi connectivity index (χ3n) is 3.11. The van der Waals surface area contributed by atoms with Gasteiger partial charge in [-0.1, -0.05) is 12.1 Å². The first-order valence-corrected chi connectivity index (χ1v) is 7.45. The zero-order valence-corrected chi connectivity index (χ0v) is 14.1. The molecule has 10 heteroatoms. The monoisotopic (exact) mass is 352 g/mol. The van der Waals surface area contributed by atoms with Crippen molar-refractivity contribution < 1.29 is 24.1 Å². The summed E-state index contributed by atoms with van der Waals surface area (Å²) >= 11 is 0. The molecule has 0 aliphatic carbocycles. The van der Waals surface area contributed by atoms with Gasteiger partial charge >= 0.3 is 0 Å². The molecule has 1 rings (SSSR count). The van der Waals surface area contributed by atoms with E-state index in [1.807, 2.05) is 13.8 Å². The minimum absolute atomic E-state index is 0.0259. The fraction of sp³-hybridized carbons (Fsp3) is 0.400. The Bertz CT molecular complexity index is 661. The SMILES string of the molecule is CC[C@H](C)NC(=O)CO/N=C\C(=O)Nc1ccc([N+](=O)[O-])cc1OC. The third kappa shape index (κ3) is 6.85. The van der Waals surface area contributed by atoms with Crippen LogP contribution in [0.2, 0.25) is 0 Å². The normalized spacial score (nSPS) is 11.6. The molecule has 1 aromatic carbocycles. The number of anilines is 1. The number of nitrogens with one attached hydrogen (secondary N) is 2. The summed E-state index contributed by atoms with van der Waals surface area (Å²) in [4.78, 5) is 38.0. The van der Waals surface area contributed by atoms with E-state index >= 15 is 0 Å². The van der Waals surface area contributed by atoms with E-state index in [1.54, 1.807) is 0 Å². The number of hydrogen-bond acceptors (Lipinski definition) is 7. The molecule has 0 saturated heterocycles. The summed E-state index contributed by atoms with van der Waals surface area (Å²) in [5, 5.41) is 19.2. The van der Waals surface area contributed by atoms with Gasteiger partial charge in [-0.25, -0.2) is 0 Å². The molecular weight excluding hydrogens is 332 g/mol. The van der Waals surface area contributed by atoms with Gasteiger partial charge in [0.25, 0.3) is 17.5 Å². The van der Waals surface area contributed by atoms with Gasteiger partial charge in [0, 0.05) is 12.1 Å². The van der Waals surface area contributed by atoms with Crippen molar-refractivity contribution in [1.29, 1.82) is 0 Å². The van der Waals surface area contributed by atoms with Gasteiger partial charge < -0.3 is 20.2 Å². The lowest BCUT2D eigenvalue weighted by molar-refractivity contribution is -0.384. The molecule has 0 unspecified atom stereocenters. The molecule has 0 aliphatic heterocycles. The molecule has 2 amide bonds. The number of oxime groups is 1. The molecule has 1 atom stereocenters. The second-order valence-corrected chi connectivity index (χ2v) is 5.02. The van der Waals surface area contributed by atoms with Gasteiger partial charge in [0.05, 0.1) is 23.8 Å². The summed E-state index contributed by atoms with van der Waals surface area (Å²) in [5.41, 5.74) is 0.0678. The molecule has 0 saturated carbocycles. The number of amides is 2. The van der Waals surface area contributed by atoms with Crippen LogP contribution in [0.25, 0.3) is 0 Å². The van der Waals surface area contributed by atoms with E-state index in [9.17, 15) is 19.7 Å². The Balaban J connectivity index is 2.54. The predicted molar refractivity (Wildman–Crippen MR) is 90.6 cm³/mol. The van der Waals surface area contributed by atoms with Crippen molar-refractivity contribution in [2.75, 3.05) is 19.0 Å². The van der Waals surface area contributed by atoms with Crippen molar-refractivity contribution >= 4 is 29.4 Å². The Hall–Kier alpha value is -3.17. The van der Waals surface area contributed by atoms with Crippen LogP contribution in [-0.4, -0.2) is 42.7 Å². The lowest BCUT2D eigenvalue weighted by atomic mass is 10.2. The summed E-state index contributed by atoms with van der Waals surface area (Å²) < 4.78 is 4.99. The number of methoxy groups -OCH3 is 1. The highest BCUT2D eigenvalue weighted by Gasteiger charge is 2.12. The predicted octanol–water partition coefficient (Wildman–Crippen LogP) is 1.46. The Morgan fingerprint density at radius 1 is 1.44 bits per heavy atom. The van der Waals surface area contributed by atoms with E-state index in [-0.39, 0.29) is 35.7 Å². The summed E-state index contributed by atoms with van der Waals surface area (Å²) in [5.74, 6) is -0.858. The molecule has 0 aliphatic rings. The molecule has 0 fully saturated rings. The van der Waals surface area contributed by atoms with Crippen molar-refractivity contribution in [2.45, 2.75) is 26.3 Å². The summed E-state index contributed by atoms with van der Waals surface area (Å²) in [6, 6.07) is 3.77. The first-order valence-electron chi connectivity index (χ1n) is 7.45. The van der Waals surface area contributed by atoms with Crippen LogP contribution in [0.5, 0.6) is 5.75 Å². The number of nitrogens with zero attached hydrogens (tertiary/aromatic N) is 2. The maximum absolute atomic E-state index is 11.7. The van der Waals surface area contributed by atoms with Crippen molar-refractivity contribution in [3.8, 4) is 5.75 Å². The van der Waals surface area contributed by atoms with Gasteiger partial charge in [-0.3, -0.25) is 19.7 Å². The molecule has 0 radical (unpaired) electrons. The van der Waals surface area contributed by atoms with Crippen LogP contribution >= 0.6 is 0 Å². The topological polar surface area (TPSA) is 132 Å². The van der Waals surface area contributed by atoms with E-state index in [1.165, 1.54) is 25.3 Å². The van der Waals surface area contributed by atoms with Crippen LogP contribution < -0.4 is 15.4 Å². The zero-order valence-electron chi connectivity index (χ0n) is 14.1. The van der Waals surface area contributed by atoms with Gasteiger partial charge in [0.1, 0.15) is 12.0 Å². The van der Waals surface area contributed by atoms with E-state index in [2.05, 4.69) is 15.8 Å². The van der Waals surface area contributed by atoms with Crippen LogP contribution in [0, 0.1) is 10.1 Å². The first-order chi connectivity index (χ1) is 11.9. The smallest absolute Gasteiger partial charge is 0.273 e. The van der Waals surface area contributed by atoms with Crippen LogP contribution in [0.1, 0.15) is 20.3 Å². The Morgan fingerprint density at radius 2 is 2.16 bits per heavy atom. The maximum Gasteiger partial charge on any atom is 0.273 e. The molecular formula is C15H20N4O6. The lowest BCUT2D eigenvalue weighted by Crippen LogP contribution is -2.34. The van der Waals surface area contributed by atoms with Gasteiger partial charge in [0.2, 0.25) is 0 Å². The van der Waals surface area contributed by atoms with E-state index in [0.29, 0.717) is 0 Å². The largest absolute Gasteiger partial charge is 0.494 e. The summed E-state index contributed by atoms with van der Waals surface area (Å²) in [6.07, 6.45) is 1.63. The average Bonchev–Trinajstić information content (AvgIpc) is 2.58. The number of carbonyl (C=O) groups is 2. The minimum Gasteiger partial charge on any atom is -0.494 e.